The zero-order valence-corrected chi connectivity index (χ0v) is 11.0. The number of nitrogens with zero attached hydrogens (tertiary/aromatic N) is 2. The third-order valence-electron chi connectivity index (χ3n) is 1.80. The molecule has 0 aliphatic carbocycles. The highest BCUT2D eigenvalue weighted by molar-refractivity contribution is 9.10. The first-order valence-electron chi connectivity index (χ1n) is 4.68. The monoisotopic (exact) mass is 299 g/mol. The van der Waals surface area contributed by atoms with Gasteiger partial charge < -0.3 is 10.1 Å². The number of benzene rings is 1. The Hall–Kier alpha value is -0.980. The van der Waals surface area contributed by atoms with Crippen LogP contribution in [0.1, 0.15) is 5.01 Å². The molecule has 1 heterocycles. The molecule has 0 saturated carbocycles. The maximum absolute atomic E-state index is 5.56. The number of hydrogen-bond donors (Lipinski definition) is 1. The maximum Gasteiger partial charge on any atom is 0.299 e. The third-order valence-corrected chi connectivity index (χ3v) is 3.12. The lowest BCUT2D eigenvalue weighted by atomic mass is 10.3. The molecule has 0 amide bonds. The van der Waals surface area contributed by atoms with Crippen molar-refractivity contribution in [2.45, 2.75) is 6.54 Å². The zero-order chi connectivity index (χ0) is 11.4. The van der Waals surface area contributed by atoms with Crippen molar-refractivity contribution >= 4 is 27.3 Å². The maximum atomic E-state index is 5.56. The summed E-state index contributed by atoms with van der Waals surface area (Å²) in [5, 5.41) is 12.4. The highest BCUT2D eigenvalue weighted by Crippen LogP contribution is 2.25. The summed E-state index contributed by atoms with van der Waals surface area (Å²) in [4.78, 5) is 0. The van der Waals surface area contributed by atoms with Crippen molar-refractivity contribution < 1.29 is 4.74 Å². The Morgan fingerprint density at radius 2 is 2.06 bits per heavy atom. The van der Waals surface area contributed by atoms with E-state index >= 15 is 0 Å². The average Bonchev–Trinajstić information content (AvgIpc) is 2.70. The molecule has 16 heavy (non-hydrogen) atoms. The van der Waals surface area contributed by atoms with Crippen molar-refractivity contribution in [3.05, 3.63) is 33.7 Å². The summed E-state index contributed by atoms with van der Waals surface area (Å²) >= 11 is 4.80. The Morgan fingerprint density at radius 1 is 1.31 bits per heavy atom. The molecule has 0 atom stereocenters. The molecule has 0 unspecified atom stereocenters. The SMILES string of the molecule is CNCc1nnc(Oc2ccc(Br)cc2)s1. The molecular formula is C10H10BrN3OS. The zero-order valence-electron chi connectivity index (χ0n) is 8.61. The molecule has 0 aliphatic heterocycles. The first-order valence-corrected chi connectivity index (χ1v) is 6.29. The second-order valence-corrected chi connectivity index (χ2v) is 4.99. The van der Waals surface area contributed by atoms with Gasteiger partial charge in [0.2, 0.25) is 0 Å². The van der Waals surface area contributed by atoms with Gasteiger partial charge in [-0.1, -0.05) is 32.4 Å². The van der Waals surface area contributed by atoms with E-state index in [0.29, 0.717) is 11.7 Å². The summed E-state index contributed by atoms with van der Waals surface area (Å²) < 4.78 is 6.58. The number of nitrogens with one attached hydrogen (secondary N) is 1. The van der Waals surface area contributed by atoms with Gasteiger partial charge in [-0.25, -0.2) is 0 Å². The molecule has 0 spiro atoms. The van der Waals surface area contributed by atoms with Gasteiger partial charge in [-0.2, -0.15) is 0 Å². The second-order valence-electron chi connectivity index (χ2n) is 3.05. The summed E-state index contributed by atoms with van der Waals surface area (Å²) in [7, 11) is 1.87. The highest BCUT2D eigenvalue weighted by Gasteiger charge is 2.05. The van der Waals surface area contributed by atoms with Crippen LogP contribution in [-0.4, -0.2) is 17.2 Å². The van der Waals surface area contributed by atoms with E-state index in [4.69, 9.17) is 4.74 Å². The van der Waals surface area contributed by atoms with Crippen molar-refractivity contribution in [1.82, 2.24) is 15.5 Å². The van der Waals surface area contributed by atoms with Crippen LogP contribution in [0.2, 0.25) is 0 Å². The Labute approximate surface area is 106 Å². The van der Waals surface area contributed by atoms with E-state index in [0.717, 1.165) is 15.2 Å². The molecule has 2 rings (SSSR count). The van der Waals surface area contributed by atoms with E-state index in [1.54, 1.807) is 0 Å². The van der Waals surface area contributed by atoms with E-state index < -0.39 is 0 Å². The van der Waals surface area contributed by atoms with Gasteiger partial charge in [0, 0.05) is 11.0 Å². The standard InChI is InChI=1S/C10H10BrN3OS/c1-12-6-9-13-14-10(16-9)15-8-4-2-7(11)3-5-8/h2-5,12H,6H2,1H3. The Balaban J connectivity index is 2.05. The summed E-state index contributed by atoms with van der Waals surface area (Å²) in [5.74, 6) is 0.760. The minimum absolute atomic E-state index is 0.563. The highest BCUT2D eigenvalue weighted by atomic mass is 79.9. The van der Waals surface area contributed by atoms with Gasteiger partial charge in [0.25, 0.3) is 5.19 Å². The number of halogens is 1. The van der Waals surface area contributed by atoms with Gasteiger partial charge in [-0.15, -0.1) is 5.10 Å². The first-order chi connectivity index (χ1) is 7.78. The van der Waals surface area contributed by atoms with Crippen molar-refractivity contribution in [3.8, 4) is 10.9 Å². The number of hydrogen-bond acceptors (Lipinski definition) is 5. The fourth-order valence-electron chi connectivity index (χ4n) is 1.11. The summed E-state index contributed by atoms with van der Waals surface area (Å²) in [6.07, 6.45) is 0. The van der Waals surface area contributed by atoms with Gasteiger partial charge in [0.1, 0.15) is 10.8 Å². The minimum atomic E-state index is 0.563. The van der Waals surface area contributed by atoms with Crippen LogP contribution in [0.4, 0.5) is 0 Å². The molecule has 0 fully saturated rings. The molecule has 1 aromatic carbocycles. The van der Waals surface area contributed by atoms with E-state index in [2.05, 4.69) is 31.4 Å². The van der Waals surface area contributed by atoms with E-state index in [9.17, 15) is 0 Å². The lowest BCUT2D eigenvalue weighted by Gasteiger charge is -1.99. The predicted molar refractivity (Wildman–Crippen MR) is 66.9 cm³/mol. The van der Waals surface area contributed by atoms with Crippen LogP contribution in [0.3, 0.4) is 0 Å². The van der Waals surface area contributed by atoms with Crippen molar-refractivity contribution in [3.63, 3.8) is 0 Å². The van der Waals surface area contributed by atoms with Gasteiger partial charge >= 0.3 is 0 Å². The van der Waals surface area contributed by atoms with Crippen LogP contribution in [0.15, 0.2) is 28.7 Å². The van der Waals surface area contributed by atoms with Gasteiger partial charge in [-0.05, 0) is 31.3 Å². The lowest BCUT2D eigenvalue weighted by molar-refractivity contribution is 0.473. The van der Waals surface area contributed by atoms with Crippen LogP contribution in [0.25, 0.3) is 0 Å². The predicted octanol–water partition coefficient (Wildman–Crippen LogP) is 2.81. The third kappa shape index (κ3) is 3.01. The summed E-state index contributed by atoms with van der Waals surface area (Å²) in [6.45, 7) is 0.710. The van der Waals surface area contributed by atoms with Gasteiger partial charge in [0.15, 0.2) is 0 Å². The Morgan fingerprint density at radius 3 is 2.75 bits per heavy atom. The van der Waals surface area contributed by atoms with Crippen LogP contribution in [0.5, 0.6) is 10.9 Å². The summed E-state index contributed by atoms with van der Waals surface area (Å²) in [6, 6.07) is 7.60. The average molecular weight is 300 g/mol. The molecule has 4 nitrogen and oxygen atoms in total. The normalized spacial score (nSPS) is 10.4. The Kier molecular flexibility index (Phi) is 3.87. The molecule has 2 aromatic rings. The molecule has 0 radical (unpaired) electrons. The van der Waals surface area contributed by atoms with Crippen molar-refractivity contribution in [2.75, 3.05) is 7.05 Å². The largest absolute Gasteiger partial charge is 0.430 e. The molecule has 0 aliphatic rings. The molecular weight excluding hydrogens is 290 g/mol. The van der Waals surface area contributed by atoms with Crippen LogP contribution >= 0.6 is 27.3 Å². The molecule has 0 saturated heterocycles. The number of aromatic nitrogens is 2. The van der Waals surface area contributed by atoms with Crippen molar-refractivity contribution in [2.24, 2.45) is 0 Å². The van der Waals surface area contributed by atoms with Gasteiger partial charge in [0.05, 0.1) is 0 Å². The van der Waals surface area contributed by atoms with E-state index in [1.807, 2.05) is 31.3 Å². The molecule has 1 aromatic heterocycles. The topological polar surface area (TPSA) is 47.0 Å². The van der Waals surface area contributed by atoms with E-state index in [1.165, 1.54) is 11.3 Å². The lowest BCUT2D eigenvalue weighted by Crippen LogP contribution is -2.04. The Bertz CT molecular complexity index is 457. The van der Waals surface area contributed by atoms with Gasteiger partial charge in [-0.3, -0.25) is 0 Å². The second kappa shape index (κ2) is 5.38. The first kappa shape index (κ1) is 11.5. The quantitative estimate of drug-likeness (QED) is 0.943. The fraction of sp³-hybridized carbons (Fsp3) is 0.200. The van der Waals surface area contributed by atoms with Crippen LogP contribution in [-0.2, 0) is 6.54 Å². The number of ether oxygens (including phenoxy) is 1. The molecule has 84 valence electrons. The summed E-state index contributed by atoms with van der Waals surface area (Å²) in [5.41, 5.74) is 0. The molecule has 1 N–H and O–H groups in total. The fourth-order valence-corrected chi connectivity index (χ4v) is 2.09. The molecule has 0 bridgehead atoms. The van der Waals surface area contributed by atoms with Crippen LogP contribution in [0, 0.1) is 0 Å². The van der Waals surface area contributed by atoms with Crippen LogP contribution < -0.4 is 10.1 Å². The number of rotatable bonds is 4. The minimum Gasteiger partial charge on any atom is -0.430 e. The van der Waals surface area contributed by atoms with Crippen molar-refractivity contribution in [1.29, 1.82) is 0 Å². The van der Waals surface area contributed by atoms with E-state index in [-0.39, 0.29) is 0 Å². The smallest absolute Gasteiger partial charge is 0.299 e. The molecule has 6 heteroatoms.